The molecule has 0 radical (unpaired) electrons. The molecule has 0 aliphatic heterocycles. The number of rotatable bonds is 4. The second-order valence-corrected chi connectivity index (χ2v) is 12.5. The molecule has 1 aromatic carbocycles. The highest BCUT2D eigenvalue weighted by molar-refractivity contribution is 7.64. The first-order valence-corrected chi connectivity index (χ1v) is 9.63. The third-order valence-electron chi connectivity index (χ3n) is 1.88. The molecule has 78 valence electrons. The number of hydrogen-bond donors (Lipinski definition) is 1. The Labute approximate surface area is 99.3 Å². The van der Waals surface area contributed by atoms with Crippen LogP contribution < -0.4 is 5.73 Å². The van der Waals surface area contributed by atoms with Crippen molar-refractivity contribution in [2.24, 2.45) is 0 Å². The minimum absolute atomic E-state index is 0.701. The number of nitrogens with two attached hydrogens (primary N) is 1. The molecule has 0 heterocycles. The van der Waals surface area contributed by atoms with E-state index in [2.05, 4.69) is 0 Å². The molecular formula is C9H12Cl3NSi. The normalized spacial score (nSPS) is 11.6. The summed E-state index contributed by atoms with van der Waals surface area (Å²) in [6.07, 6.45) is 1.83. The molecule has 0 saturated carbocycles. The van der Waals surface area contributed by atoms with Gasteiger partial charge in [0.15, 0.2) is 0 Å². The van der Waals surface area contributed by atoms with E-state index in [1.54, 1.807) is 0 Å². The van der Waals surface area contributed by atoms with E-state index in [-0.39, 0.29) is 0 Å². The average Bonchev–Trinajstić information content (AvgIpc) is 2.01. The number of halogens is 3. The van der Waals surface area contributed by atoms with E-state index in [0.29, 0.717) is 6.04 Å². The minimum Gasteiger partial charge on any atom is -0.399 e. The molecule has 0 aliphatic carbocycles. The number of anilines is 1. The van der Waals surface area contributed by atoms with Gasteiger partial charge in [0, 0.05) is 5.69 Å². The fourth-order valence-corrected chi connectivity index (χ4v) is 3.02. The van der Waals surface area contributed by atoms with E-state index in [1.165, 1.54) is 5.56 Å². The molecule has 0 atom stereocenters. The predicted octanol–water partition coefficient (Wildman–Crippen LogP) is 3.86. The molecule has 0 bridgehead atoms. The first-order chi connectivity index (χ1) is 6.47. The first-order valence-electron chi connectivity index (χ1n) is 4.38. The Kier molecular flexibility index (Phi) is 4.58. The van der Waals surface area contributed by atoms with Gasteiger partial charge in [-0.3, -0.25) is 0 Å². The lowest BCUT2D eigenvalue weighted by molar-refractivity contribution is 0.915. The lowest BCUT2D eigenvalue weighted by atomic mass is 10.1. The summed E-state index contributed by atoms with van der Waals surface area (Å²) in [5.41, 5.74) is 7.63. The van der Waals surface area contributed by atoms with Gasteiger partial charge in [0.2, 0.25) is 0 Å². The molecule has 1 nitrogen and oxygen atoms in total. The highest BCUT2D eigenvalue weighted by Gasteiger charge is 2.23. The van der Waals surface area contributed by atoms with Crippen LogP contribution in [-0.4, -0.2) is 6.00 Å². The van der Waals surface area contributed by atoms with E-state index < -0.39 is 6.00 Å². The zero-order valence-corrected chi connectivity index (χ0v) is 10.9. The van der Waals surface area contributed by atoms with Gasteiger partial charge in [0.05, 0.1) is 0 Å². The van der Waals surface area contributed by atoms with E-state index in [4.69, 9.17) is 39.0 Å². The molecule has 1 aromatic rings. The molecule has 1 rings (SSSR count). The van der Waals surface area contributed by atoms with Crippen LogP contribution in [0.15, 0.2) is 24.3 Å². The second kappa shape index (κ2) is 5.26. The van der Waals surface area contributed by atoms with Crippen LogP contribution in [0, 0.1) is 0 Å². The van der Waals surface area contributed by atoms with Crippen molar-refractivity contribution in [1.82, 2.24) is 0 Å². The van der Waals surface area contributed by atoms with Crippen LogP contribution in [0.25, 0.3) is 0 Å². The van der Waals surface area contributed by atoms with Crippen LogP contribution in [0.5, 0.6) is 0 Å². The maximum absolute atomic E-state index is 5.78. The molecule has 5 heteroatoms. The van der Waals surface area contributed by atoms with E-state index in [0.717, 1.165) is 18.5 Å². The summed E-state index contributed by atoms with van der Waals surface area (Å²) in [7, 11) is 0. The molecule has 0 aromatic heterocycles. The van der Waals surface area contributed by atoms with Gasteiger partial charge in [-0.15, -0.1) is 33.2 Å². The average molecular weight is 269 g/mol. The Morgan fingerprint density at radius 3 is 2.50 bits per heavy atom. The Morgan fingerprint density at radius 2 is 1.93 bits per heavy atom. The first kappa shape index (κ1) is 12.2. The zero-order valence-electron chi connectivity index (χ0n) is 7.64. The molecule has 0 saturated heterocycles. The van der Waals surface area contributed by atoms with E-state index in [1.807, 2.05) is 24.3 Å². The maximum Gasteiger partial charge on any atom is 0.341 e. The van der Waals surface area contributed by atoms with Crippen LogP contribution >= 0.6 is 33.2 Å². The third-order valence-corrected chi connectivity index (χ3v) is 4.50. The van der Waals surface area contributed by atoms with Crippen LogP contribution in [-0.2, 0) is 6.42 Å². The van der Waals surface area contributed by atoms with Gasteiger partial charge in [-0.1, -0.05) is 12.1 Å². The molecule has 0 spiro atoms. The topological polar surface area (TPSA) is 26.0 Å². The number of nitrogen functional groups attached to an aromatic ring is 1. The van der Waals surface area contributed by atoms with Crippen molar-refractivity contribution >= 4 is 44.9 Å². The van der Waals surface area contributed by atoms with Gasteiger partial charge in [0.1, 0.15) is 0 Å². The largest absolute Gasteiger partial charge is 0.399 e. The molecular weight excluding hydrogens is 257 g/mol. The van der Waals surface area contributed by atoms with Crippen LogP contribution in [0.2, 0.25) is 6.04 Å². The molecule has 0 aliphatic rings. The summed E-state index contributed by atoms with van der Waals surface area (Å²) >= 11 is 17.3. The van der Waals surface area contributed by atoms with Gasteiger partial charge < -0.3 is 5.73 Å². The standard InChI is InChI=1S/C9H12Cl3NSi/c10-14(11,12)6-2-4-8-3-1-5-9(13)7-8/h1,3,5,7H,2,4,6,13H2. The van der Waals surface area contributed by atoms with Gasteiger partial charge in [-0.2, -0.15) is 0 Å². The van der Waals surface area contributed by atoms with Crippen molar-refractivity contribution in [3.05, 3.63) is 29.8 Å². The van der Waals surface area contributed by atoms with Crippen molar-refractivity contribution in [3.8, 4) is 0 Å². The number of benzene rings is 1. The fraction of sp³-hybridized carbons (Fsp3) is 0.333. The Bertz CT molecular complexity index is 298. The smallest absolute Gasteiger partial charge is 0.341 e. The highest BCUT2D eigenvalue weighted by Crippen LogP contribution is 2.27. The Hall–Kier alpha value is 0.107. The van der Waals surface area contributed by atoms with Crippen molar-refractivity contribution in [1.29, 1.82) is 0 Å². The zero-order chi connectivity index (χ0) is 10.6. The number of aryl methyl sites for hydroxylation is 1. The van der Waals surface area contributed by atoms with Gasteiger partial charge in [-0.25, -0.2) is 0 Å². The summed E-state index contributed by atoms with van der Waals surface area (Å²) in [4.78, 5) is 0. The van der Waals surface area contributed by atoms with Crippen LogP contribution in [0.4, 0.5) is 5.69 Å². The van der Waals surface area contributed by atoms with Crippen molar-refractivity contribution < 1.29 is 0 Å². The van der Waals surface area contributed by atoms with Crippen LogP contribution in [0.3, 0.4) is 0 Å². The quantitative estimate of drug-likeness (QED) is 0.501. The van der Waals surface area contributed by atoms with Crippen molar-refractivity contribution in [3.63, 3.8) is 0 Å². The predicted molar refractivity (Wildman–Crippen MR) is 67.3 cm³/mol. The van der Waals surface area contributed by atoms with Crippen molar-refractivity contribution in [2.45, 2.75) is 18.9 Å². The Morgan fingerprint density at radius 1 is 1.21 bits per heavy atom. The third kappa shape index (κ3) is 5.10. The minimum atomic E-state index is -2.44. The second-order valence-electron chi connectivity index (χ2n) is 3.21. The lowest BCUT2D eigenvalue weighted by Crippen LogP contribution is -2.08. The molecule has 0 amide bonds. The summed E-state index contributed by atoms with van der Waals surface area (Å²) in [6.45, 7) is 0. The summed E-state index contributed by atoms with van der Waals surface area (Å²) in [5.74, 6) is 0. The molecule has 2 N–H and O–H groups in total. The summed E-state index contributed by atoms with van der Waals surface area (Å²) in [6, 6.07) is 6.07. The fourth-order valence-electron chi connectivity index (χ4n) is 1.24. The highest BCUT2D eigenvalue weighted by atomic mass is 35.8. The summed E-state index contributed by atoms with van der Waals surface area (Å²) in [5, 5.41) is 0. The van der Waals surface area contributed by atoms with Crippen molar-refractivity contribution in [2.75, 3.05) is 5.73 Å². The SMILES string of the molecule is Nc1cccc(CCC[Si](Cl)(Cl)Cl)c1. The molecule has 14 heavy (non-hydrogen) atoms. The van der Waals surface area contributed by atoms with Gasteiger partial charge in [-0.05, 0) is 36.6 Å². The molecule has 0 fully saturated rings. The lowest BCUT2D eigenvalue weighted by Gasteiger charge is -2.07. The van der Waals surface area contributed by atoms with E-state index in [9.17, 15) is 0 Å². The Balaban J connectivity index is 2.39. The maximum atomic E-state index is 5.78. The van der Waals surface area contributed by atoms with Gasteiger partial charge in [0.25, 0.3) is 0 Å². The monoisotopic (exact) mass is 267 g/mol. The number of hydrogen-bond acceptors (Lipinski definition) is 1. The van der Waals surface area contributed by atoms with E-state index >= 15 is 0 Å². The van der Waals surface area contributed by atoms with Gasteiger partial charge >= 0.3 is 6.00 Å². The molecule has 0 unspecified atom stereocenters. The summed E-state index contributed by atoms with van der Waals surface area (Å²) < 4.78 is 0. The van der Waals surface area contributed by atoms with Crippen LogP contribution in [0.1, 0.15) is 12.0 Å².